The van der Waals surface area contributed by atoms with Crippen molar-refractivity contribution in [3.05, 3.63) is 53.0 Å². The number of benzene rings is 1. The van der Waals surface area contributed by atoms with Crippen molar-refractivity contribution in [1.82, 2.24) is 4.98 Å². The smallest absolute Gasteiger partial charge is 0.197 e. The highest BCUT2D eigenvalue weighted by Crippen LogP contribution is 2.30. The number of anilines is 1. The third-order valence-corrected chi connectivity index (χ3v) is 4.16. The SMILES string of the molecule is CC1(Cc2ccccc2)C=C(c2csc(NN)n2)CN=N1. The van der Waals surface area contributed by atoms with Crippen molar-refractivity contribution in [1.29, 1.82) is 0 Å². The number of aromatic nitrogens is 1. The number of hydrogen-bond acceptors (Lipinski definition) is 6. The van der Waals surface area contributed by atoms with Crippen LogP contribution in [0.5, 0.6) is 0 Å². The molecule has 0 amide bonds. The Kier molecular flexibility index (Phi) is 3.81. The van der Waals surface area contributed by atoms with E-state index >= 15 is 0 Å². The van der Waals surface area contributed by atoms with Crippen molar-refractivity contribution >= 4 is 22.0 Å². The van der Waals surface area contributed by atoms with Gasteiger partial charge in [-0.3, -0.25) is 5.43 Å². The number of thiazole rings is 1. The van der Waals surface area contributed by atoms with Crippen molar-refractivity contribution in [2.75, 3.05) is 12.0 Å². The van der Waals surface area contributed by atoms with Crippen LogP contribution in [-0.2, 0) is 6.42 Å². The molecule has 21 heavy (non-hydrogen) atoms. The van der Waals surface area contributed by atoms with Crippen LogP contribution in [-0.4, -0.2) is 17.1 Å². The maximum absolute atomic E-state index is 5.38. The Morgan fingerprint density at radius 2 is 2.14 bits per heavy atom. The van der Waals surface area contributed by atoms with E-state index in [-0.39, 0.29) is 5.54 Å². The minimum atomic E-state index is -0.325. The molecular weight excluding hydrogens is 282 g/mol. The Balaban J connectivity index is 1.85. The van der Waals surface area contributed by atoms with Crippen molar-refractivity contribution < 1.29 is 0 Å². The topological polar surface area (TPSA) is 75.7 Å². The second-order valence-corrected chi connectivity index (χ2v) is 6.13. The molecule has 0 aliphatic carbocycles. The van der Waals surface area contributed by atoms with E-state index in [1.54, 1.807) is 0 Å². The molecule has 0 saturated heterocycles. The molecule has 2 aromatic rings. The van der Waals surface area contributed by atoms with Crippen molar-refractivity contribution in [3.8, 4) is 0 Å². The molecule has 3 N–H and O–H groups in total. The van der Waals surface area contributed by atoms with Gasteiger partial charge in [0.1, 0.15) is 5.54 Å². The van der Waals surface area contributed by atoms with Crippen molar-refractivity contribution in [3.63, 3.8) is 0 Å². The van der Waals surface area contributed by atoms with E-state index in [4.69, 9.17) is 5.84 Å². The second-order valence-electron chi connectivity index (χ2n) is 5.27. The Labute approximate surface area is 127 Å². The standard InChI is InChI=1S/C15H17N5S/c1-15(7-11-5-3-2-4-6-11)8-12(9-17-20-15)13-10-21-14(18-13)19-16/h2-6,8,10H,7,9,16H2,1H3,(H,18,19). The monoisotopic (exact) mass is 299 g/mol. The van der Waals surface area contributed by atoms with Crippen LogP contribution in [0.15, 0.2) is 52.0 Å². The van der Waals surface area contributed by atoms with Crippen LogP contribution in [0.2, 0.25) is 0 Å². The molecule has 1 aromatic heterocycles. The quantitative estimate of drug-likeness (QED) is 0.672. The lowest BCUT2D eigenvalue weighted by molar-refractivity contribution is 0.537. The molecule has 0 saturated carbocycles. The number of nitrogens with zero attached hydrogens (tertiary/aromatic N) is 3. The summed E-state index contributed by atoms with van der Waals surface area (Å²) >= 11 is 1.49. The zero-order valence-electron chi connectivity index (χ0n) is 11.8. The molecule has 0 spiro atoms. The van der Waals surface area contributed by atoms with Gasteiger partial charge in [-0.1, -0.05) is 30.3 Å². The van der Waals surface area contributed by atoms with Crippen LogP contribution in [0.4, 0.5) is 5.13 Å². The van der Waals surface area contributed by atoms with Crippen LogP contribution in [0.25, 0.3) is 5.57 Å². The summed E-state index contributed by atoms with van der Waals surface area (Å²) in [5, 5.41) is 11.4. The fourth-order valence-electron chi connectivity index (χ4n) is 2.46. The molecule has 1 aromatic carbocycles. The molecule has 1 aliphatic rings. The van der Waals surface area contributed by atoms with E-state index in [1.165, 1.54) is 16.9 Å². The predicted molar refractivity (Wildman–Crippen MR) is 86.2 cm³/mol. The first-order valence-corrected chi connectivity index (χ1v) is 7.63. The number of nitrogens with one attached hydrogen (secondary N) is 1. The maximum Gasteiger partial charge on any atom is 0.197 e. The van der Waals surface area contributed by atoms with Gasteiger partial charge in [0.25, 0.3) is 0 Å². The number of nitrogens with two attached hydrogens (primary N) is 1. The van der Waals surface area contributed by atoms with Crippen molar-refractivity contribution in [2.45, 2.75) is 18.9 Å². The van der Waals surface area contributed by atoms with E-state index in [9.17, 15) is 0 Å². The third-order valence-electron chi connectivity index (χ3n) is 3.39. The van der Waals surface area contributed by atoms with Gasteiger partial charge in [0, 0.05) is 17.4 Å². The number of azo groups is 1. The third kappa shape index (κ3) is 3.17. The van der Waals surface area contributed by atoms with E-state index < -0.39 is 0 Å². The molecule has 0 radical (unpaired) electrons. The fraction of sp³-hybridized carbons (Fsp3) is 0.267. The van der Waals surface area contributed by atoms with E-state index in [1.807, 2.05) is 23.6 Å². The highest BCUT2D eigenvalue weighted by molar-refractivity contribution is 7.13. The number of rotatable bonds is 4. The van der Waals surface area contributed by atoms with Gasteiger partial charge in [0.15, 0.2) is 5.13 Å². The number of nitrogen functional groups attached to an aromatic ring is 1. The fourth-order valence-corrected chi connectivity index (χ4v) is 3.11. The molecule has 1 unspecified atom stereocenters. The molecule has 2 heterocycles. The first-order valence-electron chi connectivity index (χ1n) is 6.75. The van der Waals surface area contributed by atoms with Crippen LogP contribution in [0.1, 0.15) is 18.2 Å². The minimum absolute atomic E-state index is 0.325. The summed E-state index contributed by atoms with van der Waals surface area (Å²) in [6.07, 6.45) is 3.00. The molecule has 5 nitrogen and oxygen atoms in total. The minimum Gasteiger partial charge on any atom is -0.300 e. The lowest BCUT2D eigenvalue weighted by atomic mass is 9.90. The summed E-state index contributed by atoms with van der Waals surface area (Å²) in [4.78, 5) is 4.44. The summed E-state index contributed by atoms with van der Waals surface area (Å²) in [5.74, 6) is 5.38. The molecule has 6 heteroatoms. The van der Waals surface area contributed by atoms with Crippen LogP contribution in [0.3, 0.4) is 0 Å². The maximum atomic E-state index is 5.38. The van der Waals surface area contributed by atoms with Crippen LogP contribution in [0, 0.1) is 0 Å². The molecule has 0 bridgehead atoms. The molecule has 1 aliphatic heterocycles. The van der Waals surface area contributed by atoms with E-state index in [0.717, 1.165) is 17.7 Å². The van der Waals surface area contributed by atoms with E-state index in [0.29, 0.717) is 11.7 Å². The predicted octanol–water partition coefficient (Wildman–Crippen LogP) is 3.28. The number of hydrogen-bond donors (Lipinski definition) is 2. The van der Waals surface area contributed by atoms with Gasteiger partial charge in [-0.15, -0.1) is 11.3 Å². The Bertz CT molecular complexity index is 676. The normalized spacial score (nSPS) is 21.1. The van der Waals surface area contributed by atoms with Gasteiger partial charge in [0.05, 0.1) is 12.2 Å². The van der Waals surface area contributed by atoms with Gasteiger partial charge in [-0.25, -0.2) is 10.8 Å². The first-order chi connectivity index (χ1) is 10.2. The molecular formula is C15H17N5S. The summed E-state index contributed by atoms with van der Waals surface area (Å²) in [5.41, 5.74) is 5.52. The van der Waals surface area contributed by atoms with Crippen molar-refractivity contribution in [2.24, 2.45) is 16.1 Å². The average molecular weight is 299 g/mol. The molecule has 108 valence electrons. The van der Waals surface area contributed by atoms with E-state index in [2.05, 4.69) is 45.8 Å². The van der Waals surface area contributed by atoms with Gasteiger partial charge in [-0.05, 0) is 18.6 Å². The number of hydrazine groups is 1. The van der Waals surface area contributed by atoms with Gasteiger partial charge in [-0.2, -0.15) is 10.2 Å². The zero-order valence-corrected chi connectivity index (χ0v) is 12.6. The summed E-state index contributed by atoms with van der Waals surface area (Å²) < 4.78 is 0. The molecule has 0 fully saturated rings. The first kappa shape index (κ1) is 13.9. The van der Waals surface area contributed by atoms with Crippen LogP contribution < -0.4 is 11.3 Å². The lowest BCUT2D eigenvalue weighted by Crippen LogP contribution is -2.25. The largest absolute Gasteiger partial charge is 0.300 e. The zero-order chi connectivity index (χ0) is 14.7. The lowest BCUT2D eigenvalue weighted by Gasteiger charge is -2.24. The summed E-state index contributed by atoms with van der Waals surface area (Å²) in [6, 6.07) is 10.3. The van der Waals surface area contributed by atoms with Crippen LogP contribution >= 0.6 is 11.3 Å². The van der Waals surface area contributed by atoms with Gasteiger partial charge < -0.3 is 0 Å². The second kappa shape index (κ2) is 5.75. The highest BCUT2D eigenvalue weighted by Gasteiger charge is 2.26. The Morgan fingerprint density at radius 1 is 1.33 bits per heavy atom. The van der Waals surface area contributed by atoms with Gasteiger partial charge in [0.2, 0.25) is 0 Å². The summed E-state index contributed by atoms with van der Waals surface area (Å²) in [7, 11) is 0. The molecule has 3 rings (SSSR count). The summed E-state index contributed by atoms with van der Waals surface area (Å²) in [6.45, 7) is 2.66. The molecule has 1 atom stereocenters. The van der Waals surface area contributed by atoms with Gasteiger partial charge >= 0.3 is 0 Å². The Morgan fingerprint density at radius 3 is 2.86 bits per heavy atom. The highest BCUT2D eigenvalue weighted by atomic mass is 32.1. The average Bonchev–Trinajstić information content (AvgIpc) is 2.97. The Hall–Kier alpha value is -2.05.